The molecule has 0 aromatic heterocycles. The molecule has 0 atom stereocenters. The zero-order valence-electron chi connectivity index (χ0n) is 12.5. The highest BCUT2D eigenvalue weighted by atomic mass is 16.7. The van der Waals surface area contributed by atoms with Crippen molar-refractivity contribution in [3.8, 4) is 16.9 Å². The monoisotopic (exact) mass is 304 g/mol. The third-order valence-corrected chi connectivity index (χ3v) is 3.36. The fourth-order valence-corrected chi connectivity index (χ4v) is 2.21. The number of esters is 1. The van der Waals surface area contributed by atoms with Crippen LogP contribution in [0.3, 0.4) is 0 Å². The second-order valence-electron chi connectivity index (χ2n) is 4.95. The zero-order chi connectivity index (χ0) is 15.9. The molecule has 3 aromatic carbocycles. The molecule has 0 aliphatic heterocycles. The van der Waals surface area contributed by atoms with Crippen molar-refractivity contribution in [3.05, 3.63) is 90.5 Å². The number of para-hydroxylation sites is 1. The zero-order valence-corrected chi connectivity index (χ0v) is 12.5. The molecule has 0 aliphatic carbocycles. The van der Waals surface area contributed by atoms with E-state index in [0.717, 1.165) is 11.1 Å². The Morgan fingerprint density at radius 3 is 2.13 bits per heavy atom. The number of carbonyl (C=O) groups is 1. The van der Waals surface area contributed by atoms with Crippen molar-refractivity contribution in [1.82, 2.24) is 0 Å². The Morgan fingerprint density at radius 1 is 0.739 bits per heavy atom. The van der Waals surface area contributed by atoms with Crippen molar-refractivity contribution in [2.24, 2.45) is 0 Å². The quantitative estimate of drug-likeness (QED) is 0.512. The molecule has 0 saturated carbocycles. The largest absolute Gasteiger partial charge is 0.457 e. The van der Waals surface area contributed by atoms with Crippen LogP contribution in [0.5, 0.6) is 5.75 Å². The summed E-state index contributed by atoms with van der Waals surface area (Å²) in [5, 5.41) is 0. The molecule has 0 fully saturated rings. The maximum Gasteiger partial charge on any atom is 0.341 e. The van der Waals surface area contributed by atoms with Gasteiger partial charge in [-0.25, -0.2) is 4.79 Å². The highest BCUT2D eigenvalue weighted by Gasteiger charge is 2.08. The van der Waals surface area contributed by atoms with Gasteiger partial charge in [-0.05, 0) is 35.4 Å². The van der Waals surface area contributed by atoms with E-state index < -0.39 is 5.97 Å². The molecule has 0 saturated heterocycles. The molecule has 3 heteroatoms. The number of rotatable bonds is 5. The molecule has 0 unspecified atom stereocenters. The van der Waals surface area contributed by atoms with Crippen LogP contribution in [-0.4, -0.2) is 12.8 Å². The first kappa shape index (κ1) is 14.9. The van der Waals surface area contributed by atoms with Gasteiger partial charge < -0.3 is 9.47 Å². The summed E-state index contributed by atoms with van der Waals surface area (Å²) >= 11 is 0. The highest BCUT2D eigenvalue weighted by Crippen LogP contribution is 2.20. The lowest BCUT2D eigenvalue weighted by atomic mass is 10.0. The van der Waals surface area contributed by atoms with E-state index in [-0.39, 0.29) is 6.79 Å². The third-order valence-electron chi connectivity index (χ3n) is 3.36. The van der Waals surface area contributed by atoms with Crippen LogP contribution in [0.25, 0.3) is 11.1 Å². The van der Waals surface area contributed by atoms with Gasteiger partial charge in [0.05, 0.1) is 5.56 Å². The lowest BCUT2D eigenvalue weighted by Crippen LogP contribution is -2.10. The van der Waals surface area contributed by atoms with E-state index in [1.165, 1.54) is 0 Å². The number of carbonyl (C=O) groups excluding carboxylic acids is 1. The van der Waals surface area contributed by atoms with Crippen LogP contribution < -0.4 is 4.74 Å². The first-order valence-corrected chi connectivity index (χ1v) is 7.33. The summed E-state index contributed by atoms with van der Waals surface area (Å²) in [5.41, 5.74) is 2.54. The maximum atomic E-state index is 12.1. The predicted octanol–water partition coefficient (Wildman–Crippen LogP) is 4.55. The Balaban J connectivity index is 1.64. The van der Waals surface area contributed by atoms with Crippen LogP contribution in [0, 0.1) is 0 Å². The van der Waals surface area contributed by atoms with Gasteiger partial charge in [-0.1, -0.05) is 60.7 Å². The van der Waals surface area contributed by atoms with Gasteiger partial charge in [0.15, 0.2) is 0 Å². The molecular weight excluding hydrogens is 288 g/mol. The molecule has 0 amide bonds. The summed E-state index contributed by atoms with van der Waals surface area (Å²) in [6.45, 7) is -0.113. The summed E-state index contributed by atoms with van der Waals surface area (Å²) in [5.74, 6) is 0.261. The van der Waals surface area contributed by atoms with E-state index in [1.54, 1.807) is 6.07 Å². The van der Waals surface area contributed by atoms with E-state index in [4.69, 9.17) is 9.47 Å². The Bertz CT molecular complexity index is 767. The van der Waals surface area contributed by atoms with Crippen molar-refractivity contribution >= 4 is 5.97 Å². The van der Waals surface area contributed by atoms with Crippen molar-refractivity contribution < 1.29 is 14.3 Å². The van der Waals surface area contributed by atoms with Crippen molar-refractivity contribution in [2.75, 3.05) is 6.79 Å². The summed E-state index contributed by atoms with van der Waals surface area (Å²) in [7, 11) is 0. The summed E-state index contributed by atoms with van der Waals surface area (Å²) in [4.78, 5) is 12.1. The van der Waals surface area contributed by atoms with Crippen LogP contribution in [-0.2, 0) is 4.74 Å². The fourth-order valence-electron chi connectivity index (χ4n) is 2.21. The van der Waals surface area contributed by atoms with Gasteiger partial charge >= 0.3 is 5.97 Å². The van der Waals surface area contributed by atoms with Gasteiger partial charge in [-0.2, -0.15) is 0 Å². The van der Waals surface area contributed by atoms with E-state index in [2.05, 4.69) is 0 Å². The smallest absolute Gasteiger partial charge is 0.341 e. The van der Waals surface area contributed by atoms with Gasteiger partial charge in [0.1, 0.15) is 5.75 Å². The third kappa shape index (κ3) is 3.98. The van der Waals surface area contributed by atoms with E-state index in [9.17, 15) is 4.79 Å². The molecule has 0 heterocycles. The minimum absolute atomic E-state index is 0.113. The average molecular weight is 304 g/mol. The summed E-state index contributed by atoms with van der Waals surface area (Å²) in [6, 6.07) is 26.5. The molecule has 0 aliphatic rings. The minimum atomic E-state index is -0.404. The van der Waals surface area contributed by atoms with Gasteiger partial charge in [0.2, 0.25) is 6.79 Å². The molecule has 0 spiro atoms. The number of benzene rings is 3. The number of ether oxygens (including phenoxy) is 2. The second-order valence-corrected chi connectivity index (χ2v) is 4.95. The fraction of sp³-hybridized carbons (Fsp3) is 0.0500. The maximum absolute atomic E-state index is 12.1. The lowest BCUT2D eigenvalue weighted by Gasteiger charge is -2.08. The van der Waals surface area contributed by atoms with Crippen molar-refractivity contribution in [1.29, 1.82) is 0 Å². The SMILES string of the molecule is O=C(OCOc1ccccc1)c1cccc(-c2ccccc2)c1. The van der Waals surface area contributed by atoms with Crippen molar-refractivity contribution in [3.63, 3.8) is 0 Å². The van der Waals surface area contributed by atoms with Crippen molar-refractivity contribution in [2.45, 2.75) is 0 Å². The van der Waals surface area contributed by atoms with Crippen LogP contribution in [0.4, 0.5) is 0 Å². The van der Waals surface area contributed by atoms with E-state index in [1.807, 2.05) is 78.9 Å². The molecule has 0 radical (unpaired) electrons. The minimum Gasteiger partial charge on any atom is -0.457 e. The Kier molecular flexibility index (Phi) is 4.69. The summed E-state index contributed by atoms with van der Waals surface area (Å²) in [6.07, 6.45) is 0. The normalized spacial score (nSPS) is 10.1. The molecule has 3 aromatic rings. The molecule has 3 rings (SSSR count). The van der Waals surface area contributed by atoms with Crippen LogP contribution >= 0.6 is 0 Å². The molecular formula is C20H16O3. The number of hydrogen-bond donors (Lipinski definition) is 0. The first-order valence-electron chi connectivity index (χ1n) is 7.33. The highest BCUT2D eigenvalue weighted by molar-refractivity contribution is 5.91. The van der Waals surface area contributed by atoms with Gasteiger partial charge in [0.25, 0.3) is 0 Å². The van der Waals surface area contributed by atoms with Gasteiger partial charge in [-0.3, -0.25) is 0 Å². The molecule has 23 heavy (non-hydrogen) atoms. The standard InChI is InChI=1S/C20H16O3/c21-20(23-15-22-19-12-5-2-6-13-19)18-11-7-10-17(14-18)16-8-3-1-4-9-16/h1-14H,15H2. The second kappa shape index (κ2) is 7.27. The van der Waals surface area contributed by atoms with Crippen LogP contribution in [0.2, 0.25) is 0 Å². The average Bonchev–Trinajstić information content (AvgIpc) is 2.63. The Hall–Kier alpha value is -3.07. The van der Waals surface area contributed by atoms with E-state index >= 15 is 0 Å². The first-order chi connectivity index (χ1) is 11.3. The molecule has 3 nitrogen and oxygen atoms in total. The molecule has 0 bridgehead atoms. The van der Waals surface area contributed by atoms with Gasteiger partial charge in [-0.15, -0.1) is 0 Å². The van der Waals surface area contributed by atoms with Crippen LogP contribution in [0.15, 0.2) is 84.9 Å². The number of hydrogen-bond acceptors (Lipinski definition) is 3. The Labute approximate surface area is 135 Å². The summed E-state index contributed by atoms with van der Waals surface area (Å²) < 4.78 is 10.5. The van der Waals surface area contributed by atoms with Gasteiger partial charge in [0, 0.05) is 0 Å². The predicted molar refractivity (Wildman–Crippen MR) is 89.2 cm³/mol. The molecule has 114 valence electrons. The van der Waals surface area contributed by atoms with Crippen LogP contribution in [0.1, 0.15) is 10.4 Å². The van der Waals surface area contributed by atoms with E-state index in [0.29, 0.717) is 11.3 Å². The topological polar surface area (TPSA) is 35.5 Å². The lowest BCUT2D eigenvalue weighted by molar-refractivity contribution is 0.0154. The Morgan fingerprint density at radius 2 is 1.39 bits per heavy atom. The molecule has 0 N–H and O–H groups in total.